The van der Waals surface area contributed by atoms with E-state index in [1.165, 1.54) is 7.11 Å². The number of aromatic amines is 1. The van der Waals surface area contributed by atoms with Gasteiger partial charge >= 0.3 is 0 Å². The average Bonchev–Trinajstić information content (AvgIpc) is 2.85. The number of aromatic hydroxyl groups is 1. The van der Waals surface area contributed by atoms with Gasteiger partial charge < -0.3 is 14.8 Å². The first kappa shape index (κ1) is 10.7. The van der Waals surface area contributed by atoms with Crippen LogP contribution in [-0.4, -0.2) is 22.2 Å². The van der Waals surface area contributed by atoms with E-state index in [9.17, 15) is 5.11 Å². The number of phenolic OH excluding ortho intramolecular Hbond substituents is 1. The van der Waals surface area contributed by atoms with E-state index in [-0.39, 0.29) is 5.75 Å². The third-order valence-electron chi connectivity index (χ3n) is 2.84. The molecule has 0 saturated carbocycles. The Hall–Kier alpha value is -2.49. The molecule has 1 heterocycles. The van der Waals surface area contributed by atoms with E-state index < -0.39 is 0 Å². The molecule has 89 valence electrons. The standard InChI is InChI=1S/C14H11N2O2/c1-18-14-5-3-10(7-13(14)17)9-2-4-11-12(6-9)16-8-15-11/h2-4,6-8,17H,1H3,(H,15,16). The summed E-state index contributed by atoms with van der Waals surface area (Å²) in [5.74, 6) is 0.428. The summed E-state index contributed by atoms with van der Waals surface area (Å²) in [6, 6.07) is 12.2. The molecule has 0 spiro atoms. The highest BCUT2D eigenvalue weighted by atomic mass is 16.5. The number of fused-ring (bicyclic) bond motifs is 1. The van der Waals surface area contributed by atoms with Crippen LogP contribution in [0, 0.1) is 6.07 Å². The molecule has 0 atom stereocenters. The number of hydrogen-bond acceptors (Lipinski definition) is 3. The van der Waals surface area contributed by atoms with Crippen molar-refractivity contribution in [2.45, 2.75) is 0 Å². The monoisotopic (exact) mass is 239 g/mol. The minimum absolute atomic E-state index is 0.0807. The summed E-state index contributed by atoms with van der Waals surface area (Å²) in [6.45, 7) is 0. The molecule has 4 heteroatoms. The Morgan fingerprint density at radius 1 is 1.28 bits per heavy atom. The second-order valence-electron chi connectivity index (χ2n) is 3.94. The molecule has 0 bridgehead atoms. The molecule has 4 nitrogen and oxygen atoms in total. The van der Waals surface area contributed by atoms with Crippen LogP contribution in [0.5, 0.6) is 11.5 Å². The number of methoxy groups -OCH3 is 1. The summed E-state index contributed by atoms with van der Waals surface area (Å²) in [6.07, 6.45) is 1.66. The van der Waals surface area contributed by atoms with Crippen LogP contribution in [0.1, 0.15) is 0 Å². The van der Waals surface area contributed by atoms with Gasteiger partial charge in [-0.15, -0.1) is 0 Å². The Bertz CT molecular complexity index is 704. The largest absolute Gasteiger partial charge is 0.504 e. The number of nitrogens with zero attached hydrogens (tertiary/aromatic N) is 1. The highest BCUT2D eigenvalue weighted by Crippen LogP contribution is 2.31. The van der Waals surface area contributed by atoms with Gasteiger partial charge in [-0.05, 0) is 35.4 Å². The third kappa shape index (κ3) is 1.68. The molecule has 0 amide bonds. The van der Waals surface area contributed by atoms with Crippen molar-refractivity contribution in [2.24, 2.45) is 0 Å². The fourth-order valence-electron chi connectivity index (χ4n) is 1.91. The first-order valence-electron chi connectivity index (χ1n) is 5.50. The lowest BCUT2D eigenvalue weighted by atomic mass is 10.0. The van der Waals surface area contributed by atoms with Gasteiger partial charge in [0.05, 0.1) is 24.5 Å². The Morgan fingerprint density at radius 2 is 2.17 bits per heavy atom. The molecule has 0 aliphatic rings. The number of nitrogens with one attached hydrogen (secondary N) is 1. The van der Waals surface area contributed by atoms with Gasteiger partial charge in [0.2, 0.25) is 0 Å². The molecule has 2 aromatic carbocycles. The second kappa shape index (κ2) is 4.07. The lowest BCUT2D eigenvalue weighted by molar-refractivity contribution is 0.373. The molecule has 18 heavy (non-hydrogen) atoms. The normalized spacial score (nSPS) is 10.7. The number of rotatable bonds is 2. The van der Waals surface area contributed by atoms with Gasteiger partial charge in [0.1, 0.15) is 0 Å². The van der Waals surface area contributed by atoms with Crippen molar-refractivity contribution in [1.29, 1.82) is 0 Å². The van der Waals surface area contributed by atoms with Crippen LogP contribution in [-0.2, 0) is 0 Å². The van der Waals surface area contributed by atoms with Gasteiger partial charge in [0, 0.05) is 6.07 Å². The van der Waals surface area contributed by atoms with Crippen molar-refractivity contribution in [1.82, 2.24) is 9.97 Å². The van der Waals surface area contributed by atoms with Gasteiger partial charge in [-0.3, -0.25) is 0 Å². The van der Waals surface area contributed by atoms with Crippen molar-refractivity contribution >= 4 is 11.0 Å². The first-order chi connectivity index (χ1) is 8.78. The predicted octanol–water partition coefficient (Wildman–Crippen LogP) is 2.74. The van der Waals surface area contributed by atoms with E-state index in [2.05, 4.69) is 16.0 Å². The SMILES string of the molecule is COc1[c]cc(-c2ccc3[nH]cnc3c2)cc1O. The van der Waals surface area contributed by atoms with Crippen molar-refractivity contribution in [3.63, 3.8) is 0 Å². The first-order valence-corrected chi connectivity index (χ1v) is 5.50. The minimum atomic E-state index is 0.0807. The van der Waals surface area contributed by atoms with Crippen molar-refractivity contribution in [2.75, 3.05) is 7.11 Å². The highest BCUT2D eigenvalue weighted by Gasteiger charge is 2.06. The van der Waals surface area contributed by atoms with Crippen LogP contribution < -0.4 is 4.74 Å². The molecule has 0 aliphatic carbocycles. The Kier molecular flexibility index (Phi) is 2.41. The molecule has 3 rings (SSSR count). The topological polar surface area (TPSA) is 58.1 Å². The highest BCUT2D eigenvalue weighted by molar-refractivity contribution is 5.81. The van der Waals surface area contributed by atoms with Crippen molar-refractivity contribution in [3.05, 3.63) is 42.7 Å². The van der Waals surface area contributed by atoms with Crippen molar-refractivity contribution < 1.29 is 9.84 Å². The average molecular weight is 239 g/mol. The van der Waals surface area contributed by atoms with Gasteiger partial charge in [0.25, 0.3) is 0 Å². The van der Waals surface area contributed by atoms with E-state index in [0.717, 1.165) is 22.2 Å². The van der Waals surface area contributed by atoms with Crippen LogP contribution in [0.4, 0.5) is 0 Å². The summed E-state index contributed by atoms with van der Waals surface area (Å²) in [7, 11) is 1.50. The Balaban J connectivity index is 2.10. The van der Waals surface area contributed by atoms with Gasteiger partial charge in [-0.25, -0.2) is 4.98 Å². The molecule has 2 N–H and O–H groups in total. The zero-order valence-corrected chi connectivity index (χ0v) is 9.77. The number of benzene rings is 2. The van der Waals surface area contributed by atoms with Gasteiger partial charge in [-0.1, -0.05) is 6.07 Å². The lowest BCUT2D eigenvalue weighted by Gasteiger charge is -2.06. The predicted molar refractivity (Wildman–Crippen MR) is 68.6 cm³/mol. The zero-order chi connectivity index (χ0) is 12.5. The van der Waals surface area contributed by atoms with E-state index in [0.29, 0.717) is 5.75 Å². The maximum Gasteiger partial charge on any atom is 0.168 e. The molecule has 1 aromatic heterocycles. The summed E-state index contributed by atoms with van der Waals surface area (Å²) in [5, 5.41) is 9.75. The summed E-state index contributed by atoms with van der Waals surface area (Å²) >= 11 is 0. The molecule has 3 aromatic rings. The summed E-state index contributed by atoms with van der Waals surface area (Å²) < 4.78 is 4.97. The van der Waals surface area contributed by atoms with Crippen LogP contribution in [0.2, 0.25) is 0 Å². The number of H-pyrrole nitrogens is 1. The Morgan fingerprint density at radius 3 is 2.94 bits per heavy atom. The van der Waals surface area contributed by atoms with E-state index >= 15 is 0 Å². The maximum absolute atomic E-state index is 9.75. The van der Waals surface area contributed by atoms with Crippen molar-refractivity contribution in [3.8, 4) is 22.6 Å². The van der Waals surface area contributed by atoms with Crippen LogP contribution in [0.25, 0.3) is 22.2 Å². The number of aromatic nitrogens is 2. The zero-order valence-electron chi connectivity index (χ0n) is 9.77. The molecular formula is C14H11N2O2. The number of imidazole rings is 1. The molecule has 0 unspecified atom stereocenters. The van der Waals surface area contributed by atoms with E-state index in [4.69, 9.17) is 4.74 Å². The minimum Gasteiger partial charge on any atom is -0.504 e. The second-order valence-corrected chi connectivity index (χ2v) is 3.94. The molecule has 0 saturated heterocycles. The summed E-state index contributed by atoms with van der Waals surface area (Å²) in [5.41, 5.74) is 3.73. The molecule has 0 fully saturated rings. The fraction of sp³-hybridized carbons (Fsp3) is 0.0714. The quantitative estimate of drug-likeness (QED) is 0.723. The van der Waals surface area contributed by atoms with Crippen LogP contribution >= 0.6 is 0 Å². The maximum atomic E-state index is 9.75. The number of ether oxygens (including phenoxy) is 1. The molecular weight excluding hydrogens is 228 g/mol. The van der Waals surface area contributed by atoms with Crippen LogP contribution in [0.15, 0.2) is 36.7 Å². The third-order valence-corrected chi connectivity index (χ3v) is 2.84. The lowest BCUT2D eigenvalue weighted by Crippen LogP contribution is -1.85. The van der Waals surface area contributed by atoms with E-state index in [1.807, 2.05) is 18.2 Å². The van der Waals surface area contributed by atoms with E-state index in [1.54, 1.807) is 18.5 Å². The molecule has 0 aliphatic heterocycles. The van der Waals surface area contributed by atoms with Gasteiger partial charge in [0.15, 0.2) is 11.5 Å². The smallest absolute Gasteiger partial charge is 0.168 e. The fourth-order valence-corrected chi connectivity index (χ4v) is 1.91. The molecule has 1 radical (unpaired) electrons. The van der Waals surface area contributed by atoms with Gasteiger partial charge in [-0.2, -0.15) is 0 Å². The number of hydrogen-bond donors (Lipinski definition) is 2. The van der Waals surface area contributed by atoms with Crippen LogP contribution in [0.3, 0.4) is 0 Å². The number of phenols is 1. The Labute approximate surface area is 104 Å². The summed E-state index contributed by atoms with van der Waals surface area (Å²) in [4.78, 5) is 7.25.